The van der Waals surface area contributed by atoms with Crippen LogP contribution >= 0.6 is 0 Å². The zero-order chi connectivity index (χ0) is 14.0. The van der Waals surface area contributed by atoms with Crippen LogP contribution in [0, 0.1) is 5.92 Å². The number of ether oxygens (including phenoxy) is 1. The molecule has 2 rings (SSSR count). The van der Waals surface area contributed by atoms with Crippen LogP contribution in [0.4, 0.5) is 0 Å². The fraction of sp³-hybridized carbons (Fsp3) is 0.467. The molecule has 19 heavy (non-hydrogen) atoms. The highest BCUT2D eigenvalue weighted by molar-refractivity contribution is 5.78. The molecule has 0 aromatic heterocycles. The summed E-state index contributed by atoms with van der Waals surface area (Å²) in [5.74, 6) is -0.576. The predicted octanol–water partition coefficient (Wildman–Crippen LogP) is 2.75. The van der Waals surface area contributed by atoms with Crippen molar-refractivity contribution in [2.75, 3.05) is 0 Å². The first-order valence-corrected chi connectivity index (χ1v) is 6.43. The molecule has 0 amide bonds. The first-order chi connectivity index (χ1) is 8.90. The van der Waals surface area contributed by atoms with Crippen LogP contribution < -0.4 is 4.74 Å². The molecule has 1 N–H and O–H groups in total. The number of rotatable bonds is 5. The van der Waals surface area contributed by atoms with Gasteiger partial charge in [0.2, 0.25) is 0 Å². The lowest BCUT2D eigenvalue weighted by atomic mass is 9.81. The van der Waals surface area contributed by atoms with E-state index in [4.69, 9.17) is 9.84 Å². The highest BCUT2D eigenvalue weighted by atomic mass is 16.5. The Morgan fingerprint density at radius 3 is 2.53 bits per heavy atom. The number of benzene rings is 1. The van der Waals surface area contributed by atoms with Gasteiger partial charge in [0.25, 0.3) is 0 Å². The van der Waals surface area contributed by atoms with Crippen LogP contribution in [0.15, 0.2) is 24.3 Å². The maximum Gasteiger partial charge on any atom is 0.314 e. The van der Waals surface area contributed by atoms with Crippen LogP contribution in [0.2, 0.25) is 0 Å². The Bertz CT molecular complexity index is 501. The Labute approximate surface area is 112 Å². The average molecular weight is 262 g/mol. The van der Waals surface area contributed by atoms with Crippen LogP contribution in [0.1, 0.15) is 38.7 Å². The van der Waals surface area contributed by atoms with E-state index in [1.807, 2.05) is 26.0 Å². The lowest BCUT2D eigenvalue weighted by Crippen LogP contribution is -2.23. The summed E-state index contributed by atoms with van der Waals surface area (Å²) in [5, 5.41) is 8.97. The second kappa shape index (κ2) is 5.03. The number of esters is 1. The number of hydrogen-bond donors (Lipinski definition) is 1. The van der Waals surface area contributed by atoms with Crippen LogP contribution in [-0.4, -0.2) is 17.0 Å². The topological polar surface area (TPSA) is 63.6 Å². The molecular formula is C15H18O4. The van der Waals surface area contributed by atoms with E-state index >= 15 is 0 Å². The van der Waals surface area contributed by atoms with E-state index in [0.717, 1.165) is 18.4 Å². The van der Waals surface area contributed by atoms with Crippen molar-refractivity contribution < 1.29 is 19.4 Å². The molecule has 1 fully saturated rings. The van der Waals surface area contributed by atoms with Crippen LogP contribution in [0.25, 0.3) is 0 Å². The van der Waals surface area contributed by atoms with Gasteiger partial charge in [0.1, 0.15) is 5.75 Å². The Balaban J connectivity index is 2.24. The van der Waals surface area contributed by atoms with Gasteiger partial charge in [0, 0.05) is 11.0 Å². The molecule has 0 unspecified atom stereocenters. The third kappa shape index (κ3) is 3.34. The van der Waals surface area contributed by atoms with Crippen LogP contribution in [-0.2, 0) is 15.0 Å². The summed E-state index contributed by atoms with van der Waals surface area (Å²) in [6.07, 6.45) is 1.77. The highest BCUT2D eigenvalue weighted by Gasteiger charge is 2.33. The molecule has 1 aliphatic carbocycles. The van der Waals surface area contributed by atoms with Crippen molar-refractivity contribution in [1.29, 1.82) is 0 Å². The molecule has 0 saturated heterocycles. The van der Waals surface area contributed by atoms with E-state index in [-0.39, 0.29) is 18.3 Å². The number of para-hydroxylation sites is 1. The first-order valence-electron chi connectivity index (χ1n) is 6.43. The molecule has 1 aromatic carbocycles. The van der Waals surface area contributed by atoms with Gasteiger partial charge in [0.15, 0.2) is 0 Å². The summed E-state index contributed by atoms with van der Waals surface area (Å²) in [5.41, 5.74) is 0.179. The summed E-state index contributed by atoms with van der Waals surface area (Å²) in [4.78, 5) is 22.7. The zero-order valence-corrected chi connectivity index (χ0v) is 11.2. The second-order valence-electron chi connectivity index (χ2n) is 5.65. The Hall–Kier alpha value is -1.84. The third-order valence-corrected chi connectivity index (χ3v) is 3.33. The molecule has 102 valence electrons. The predicted molar refractivity (Wildman–Crippen MR) is 70.1 cm³/mol. The molecule has 0 atom stereocenters. The van der Waals surface area contributed by atoms with E-state index in [1.165, 1.54) is 0 Å². The van der Waals surface area contributed by atoms with E-state index in [2.05, 4.69) is 0 Å². The standard InChI is InChI=1S/C15H18O4/c1-15(2,9-13(16)17)11-5-3-4-6-12(11)19-14(18)10-7-8-10/h3-6,10H,7-9H2,1-2H3,(H,16,17). The van der Waals surface area contributed by atoms with Gasteiger partial charge in [0.05, 0.1) is 12.3 Å². The lowest BCUT2D eigenvalue weighted by Gasteiger charge is -2.25. The van der Waals surface area contributed by atoms with Crippen molar-refractivity contribution in [3.63, 3.8) is 0 Å². The van der Waals surface area contributed by atoms with Gasteiger partial charge in [-0.3, -0.25) is 9.59 Å². The van der Waals surface area contributed by atoms with E-state index < -0.39 is 11.4 Å². The quantitative estimate of drug-likeness (QED) is 0.654. The third-order valence-electron chi connectivity index (χ3n) is 3.33. The molecule has 0 radical (unpaired) electrons. The molecule has 4 nitrogen and oxygen atoms in total. The Morgan fingerprint density at radius 1 is 1.32 bits per heavy atom. The Kier molecular flexibility index (Phi) is 3.60. The minimum Gasteiger partial charge on any atom is -0.481 e. The van der Waals surface area contributed by atoms with Gasteiger partial charge < -0.3 is 9.84 Å². The van der Waals surface area contributed by atoms with Crippen molar-refractivity contribution in [3.05, 3.63) is 29.8 Å². The molecule has 1 aromatic rings. The van der Waals surface area contributed by atoms with Crippen molar-refractivity contribution in [2.24, 2.45) is 5.92 Å². The van der Waals surface area contributed by atoms with Gasteiger partial charge in [-0.15, -0.1) is 0 Å². The minimum absolute atomic E-state index is 0.00894. The van der Waals surface area contributed by atoms with Crippen molar-refractivity contribution in [3.8, 4) is 5.75 Å². The molecular weight excluding hydrogens is 244 g/mol. The lowest BCUT2D eigenvalue weighted by molar-refractivity contribution is -0.138. The summed E-state index contributed by atoms with van der Waals surface area (Å²) in [6, 6.07) is 7.15. The second-order valence-corrected chi connectivity index (χ2v) is 5.65. The molecule has 1 aliphatic rings. The largest absolute Gasteiger partial charge is 0.481 e. The highest BCUT2D eigenvalue weighted by Crippen LogP contribution is 2.36. The number of hydrogen-bond acceptors (Lipinski definition) is 3. The van der Waals surface area contributed by atoms with Crippen molar-refractivity contribution >= 4 is 11.9 Å². The molecule has 0 bridgehead atoms. The molecule has 0 spiro atoms. The van der Waals surface area contributed by atoms with Gasteiger partial charge >= 0.3 is 11.9 Å². The Morgan fingerprint density at radius 2 is 1.95 bits per heavy atom. The number of carbonyl (C=O) groups excluding carboxylic acids is 1. The van der Waals surface area contributed by atoms with Gasteiger partial charge in [-0.2, -0.15) is 0 Å². The maximum atomic E-state index is 11.7. The monoisotopic (exact) mass is 262 g/mol. The SMILES string of the molecule is CC(C)(CC(=O)O)c1ccccc1OC(=O)C1CC1. The van der Waals surface area contributed by atoms with Crippen molar-refractivity contribution in [2.45, 2.75) is 38.5 Å². The molecule has 0 heterocycles. The minimum atomic E-state index is -0.867. The van der Waals surface area contributed by atoms with Crippen LogP contribution in [0.5, 0.6) is 5.75 Å². The average Bonchev–Trinajstić information content (AvgIpc) is 3.11. The first kappa shape index (κ1) is 13.6. The fourth-order valence-corrected chi connectivity index (χ4v) is 2.10. The van der Waals surface area contributed by atoms with Gasteiger partial charge in [-0.1, -0.05) is 32.0 Å². The number of aliphatic carboxylic acids is 1. The molecule has 1 saturated carbocycles. The maximum absolute atomic E-state index is 11.7. The summed E-state index contributed by atoms with van der Waals surface area (Å²) < 4.78 is 5.41. The number of carboxylic acid groups (broad SMARTS) is 1. The van der Waals surface area contributed by atoms with E-state index in [1.54, 1.807) is 12.1 Å². The number of carbonyl (C=O) groups is 2. The molecule has 0 aliphatic heterocycles. The van der Waals surface area contributed by atoms with Gasteiger partial charge in [-0.25, -0.2) is 0 Å². The van der Waals surface area contributed by atoms with Crippen LogP contribution in [0.3, 0.4) is 0 Å². The van der Waals surface area contributed by atoms with E-state index in [9.17, 15) is 9.59 Å². The van der Waals surface area contributed by atoms with Crippen molar-refractivity contribution in [1.82, 2.24) is 0 Å². The smallest absolute Gasteiger partial charge is 0.314 e. The summed E-state index contributed by atoms with van der Waals surface area (Å²) >= 11 is 0. The number of carboxylic acids is 1. The zero-order valence-electron chi connectivity index (χ0n) is 11.2. The summed E-state index contributed by atoms with van der Waals surface area (Å²) in [6.45, 7) is 3.68. The van der Waals surface area contributed by atoms with Gasteiger partial charge in [-0.05, 0) is 18.9 Å². The van der Waals surface area contributed by atoms with E-state index in [0.29, 0.717) is 5.75 Å². The molecule has 4 heteroatoms. The normalized spacial score (nSPS) is 15.1. The summed E-state index contributed by atoms with van der Waals surface area (Å²) in [7, 11) is 0. The fourth-order valence-electron chi connectivity index (χ4n) is 2.10.